The Morgan fingerprint density at radius 2 is 2.16 bits per heavy atom. The monoisotopic (exact) mass is 342 g/mol. The maximum atomic E-state index is 12.8. The van der Waals surface area contributed by atoms with Crippen molar-refractivity contribution in [3.05, 3.63) is 41.4 Å². The van der Waals surface area contributed by atoms with Crippen LogP contribution in [0.4, 0.5) is 5.82 Å². The summed E-state index contributed by atoms with van der Waals surface area (Å²) in [6.45, 7) is 5.54. The minimum Gasteiger partial charge on any atom is -0.363 e. The van der Waals surface area contributed by atoms with Crippen LogP contribution in [0.3, 0.4) is 0 Å². The summed E-state index contributed by atoms with van der Waals surface area (Å²) in [5.74, 6) is 1.80. The van der Waals surface area contributed by atoms with Gasteiger partial charge in [0.25, 0.3) is 5.91 Å². The molecule has 0 spiro atoms. The fourth-order valence-electron chi connectivity index (χ4n) is 3.18. The first kappa shape index (κ1) is 17.5. The van der Waals surface area contributed by atoms with Gasteiger partial charge in [0.15, 0.2) is 0 Å². The second-order valence-electron chi connectivity index (χ2n) is 7.20. The molecule has 0 saturated carbocycles. The van der Waals surface area contributed by atoms with Gasteiger partial charge in [0.05, 0.1) is 5.69 Å². The average molecular weight is 342 g/mol. The predicted octanol–water partition coefficient (Wildman–Crippen LogP) is 3.28. The van der Waals surface area contributed by atoms with E-state index in [1.54, 1.807) is 6.07 Å². The first-order chi connectivity index (χ1) is 12.0. The third kappa shape index (κ3) is 3.83. The molecule has 0 aromatic carbocycles. The molecule has 1 atom stereocenters. The Kier molecular flexibility index (Phi) is 5.06. The Labute approximate surface area is 148 Å². The number of pyridine rings is 1. The Hall–Kier alpha value is -2.37. The fraction of sp³-hybridized carbons (Fsp3) is 0.526. The van der Waals surface area contributed by atoms with Gasteiger partial charge in [-0.05, 0) is 36.5 Å². The molecule has 2 aromatic heterocycles. The summed E-state index contributed by atoms with van der Waals surface area (Å²) in [6.07, 6.45) is 3.91. The van der Waals surface area contributed by atoms with E-state index in [-0.39, 0.29) is 11.8 Å². The minimum atomic E-state index is -0.0639. The fourth-order valence-corrected chi connectivity index (χ4v) is 3.18. The van der Waals surface area contributed by atoms with Crippen molar-refractivity contribution in [1.29, 1.82) is 0 Å². The standard InChI is InChI=1S/C19H26N4O2/c1-13(2)16-11-17(25-21-16)19(24)23-9-5-6-15(12-23)14-7-8-20-18(10-14)22(3)4/h7-8,10-11,13,15H,5-6,9,12H2,1-4H3/t15-/m0/s1. The molecule has 0 bridgehead atoms. The summed E-state index contributed by atoms with van der Waals surface area (Å²) in [5.41, 5.74) is 2.05. The van der Waals surface area contributed by atoms with Gasteiger partial charge in [-0.15, -0.1) is 0 Å². The highest BCUT2D eigenvalue weighted by molar-refractivity contribution is 5.91. The van der Waals surface area contributed by atoms with E-state index >= 15 is 0 Å². The number of hydrogen-bond acceptors (Lipinski definition) is 5. The second-order valence-corrected chi connectivity index (χ2v) is 7.20. The van der Waals surface area contributed by atoms with Crippen LogP contribution in [0.15, 0.2) is 28.9 Å². The van der Waals surface area contributed by atoms with Gasteiger partial charge in [-0.1, -0.05) is 19.0 Å². The number of aromatic nitrogens is 2. The summed E-state index contributed by atoms with van der Waals surface area (Å²) < 4.78 is 5.27. The number of hydrogen-bond donors (Lipinski definition) is 0. The second kappa shape index (κ2) is 7.25. The van der Waals surface area contributed by atoms with Crippen LogP contribution in [0, 0.1) is 0 Å². The van der Waals surface area contributed by atoms with Crippen LogP contribution in [0.2, 0.25) is 0 Å². The molecule has 0 radical (unpaired) electrons. The van der Waals surface area contributed by atoms with Crippen molar-refractivity contribution in [3.8, 4) is 0 Å². The molecule has 0 aliphatic carbocycles. The summed E-state index contributed by atoms with van der Waals surface area (Å²) >= 11 is 0. The topological polar surface area (TPSA) is 62.5 Å². The number of carbonyl (C=O) groups is 1. The predicted molar refractivity (Wildman–Crippen MR) is 97.0 cm³/mol. The number of rotatable bonds is 4. The van der Waals surface area contributed by atoms with Crippen molar-refractivity contribution < 1.29 is 9.32 Å². The minimum absolute atomic E-state index is 0.0639. The number of anilines is 1. The zero-order valence-corrected chi connectivity index (χ0v) is 15.4. The van der Waals surface area contributed by atoms with Gasteiger partial charge in [-0.3, -0.25) is 4.79 Å². The molecule has 1 fully saturated rings. The van der Waals surface area contributed by atoms with Crippen LogP contribution in [0.25, 0.3) is 0 Å². The van der Waals surface area contributed by atoms with Gasteiger partial charge in [-0.2, -0.15) is 0 Å². The Bertz CT molecular complexity index is 739. The molecule has 1 amide bonds. The molecule has 25 heavy (non-hydrogen) atoms. The number of nitrogens with zero attached hydrogens (tertiary/aromatic N) is 4. The van der Waals surface area contributed by atoms with E-state index in [0.29, 0.717) is 18.2 Å². The maximum Gasteiger partial charge on any atom is 0.292 e. The molecule has 6 nitrogen and oxygen atoms in total. The molecule has 1 aliphatic heterocycles. The van der Waals surface area contributed by atoms with Crippen molar-refractivity contribution in [2.45, 2.75) is 38.5 Å². The highest BCUT2D eigenvalue weighted by Gasteiger charge is 2.28. The maximum absolute atomic E-state index is 12.8. The van der Waals surface area contributed by atoms with E-state index < -0.39 is 0 Å². The molecule has 134 valence electrons. The van der Waals surface area contributed by atoms with Crippen LogP contribution in [-0.2, 0) is 0 Å². The average Bonchev–Trinajstić information content (AvgIpc) is 3.12. The van der Waals surface area contributed by atoms with Gasteiger partial charge in [0, 0.05) is 45.4 Å². The van der Waals surface area contributed by atoms with E-state index in [1.165, 1.54) is 5.56 Å². The number of carbonyl (C=O) groups excluding carboxylic acids is 1. The Balaban J connectivity index is 1.74. The molecule has 2 aromatic rings. The third-order valence-electron chi connectivity index (χ3n) is 4.74. The van der Waals surface area contributed by atoms with Gasteiger partial charge < -0.3 is 14.3 Å². The largest absolute Gasteiger partial charge is 0.363 e. The molecule has 6 heteroatoms. The van der Waals surface area contributed by atoms with E-state index in [4.69, 9.17) is 4.52 Å². The van der Waals surface area contributed by atoms with Crippen LogP contribution in [-0.4, -0.2) is 48.1 Å². The van der Waals surface area contributed by atoms with Crippen LogP contribution in [0.5, 0.6) is 0 Å². The Morgan fingerprint density at radius 3 is 2.84 bits per heavy atom. The summed E-state index contributed by atoms with van der Waals surface area (Å²) in [6, 6.07) is 5.94. The van der Waals surface area contributed by atoms with Gasteiger partial charge in [0.1, 0.15) is 5.82 Å². The summed E-state index contributed by atoms with van der Waals surface area (Å²) in [7, 11) is 3.97. The van der Waals surface area contributed by atoms with E-state index in [2.05, 4.69) is 22.3 Å². The Morgan fingerprint density at radius 1 is 1.36 bits per heavy atom. The van der Waals surface area contributed by atoms with Crippen LogP contribution < -0.4 is 4.90 Å². The normalized spacial score (nSPS) is 17.8. The van der Waals surface area contributed by atoms with Crippen molar-refractivity contribution in [2.24, 2.45) is 0 Å². The number of likely N-dealkylation sites (tertiary alicyclic amines) is 1. The lowest BCUT2D eigenvalue weighted by atomic mass is 9.91. The molecular weight excluding hydrogens is 316 g/mol. The highest BCUT2D eigenvalue weighted by Crippen LogP contribution is 2.29. The van der Waals surface area contributed by atoms with E-state index in [1.807, 2.05) is 43.9 Å². The van der Waals surface area contributed by atoms with Gasteiger partial charge in [0.2, 0.25) is 5.76 Å². The smallest absolute Gasteiger partial charge is 0.292 e. The van der Waals surface area contributed by atoms with Crippen molar-refractivity contribution in [1.82, 2.24) is 15.0 Å². The first-order valence-electron chi connectivity index (χ1n) is 8.85. The van der Waals surface area contributed by atoms with E-state index in [0.717, 1.165) is 30.9 Å². The van der Waals surface area contributed by atoms with Crippen LogP contribution in [0.1, 0.15) is 60.3 Å². The SMILES string of the molecule is CC(C)c1cc(C(=O)N2CCC[C@H](c3ccnc(N(C)C)c3)C2)on1. The number of piperidine rings is 1. The lowest BCUT2D eigenvalue weighted by Crippen LogP contribution is -2.39. The lowest BCUT2D eigenvalue weighted by Gasteiger charge is -2.32. The molecule has 3 heterocycles. The quantitative estimate of drug-likeness (QED) is 0.853. The van der Waals surface area contributed by atoms with Gasteiger partial charge >= 0.3 is 0 Å². The number of amides is 1. The van der Waals surface area contributed by atoms with Crippen LogP contribution >= 0.6 is 0 Å². The van der Waals surface area contributed by atoms with Crippen molar-refractivity contribution >= 4 is 11.7 Å². The summed E-state index contributed by atoms with van der Waals surface area (Å²) in [4.78, 5) is 21.0. The third-order valence-corrected chi connectivity index (χ3v) is 4.74. The van der Waals surface area contributed by atoms with Crippen molar-refractivity contribution in [2.75, 3.05) is 32.1 Å². The molecule has 1 saturated heterocycles. The van der Waals surface area contributed by atoms with Gasteiger partial charge in [-0.25, -0.2) is 4.98 Å². The zero-order valence-electron chi connectivity index (χ0n) is 15.4. The molecule has 1 aliphatic rings. The van der Waals surface area contributed by atoms with E-state index in [9.17, 15) is 4.79 Å². The molecule has 0 unspecified atom stereocenters. The first-order valence-corrected chi connectivity index (χ1v) is 8.85. The van der Waals surface area contributed by atoms with Crippen molar-refractivity contribution in [3.63, 3.8) is 0 Å². The lowest BCUT2D eigenvalue weighted by molar-refractivity contribution is 0.0665. The zero-order chi connectivity index (χ0) is 18.0. The molecule has 0 N–H and O–H groups in total. The highest BCUT2D eigenvalue weighted by atomic mass is 16.5. The molecule has 3 rings (SSSR count). The summed E-state index contributed by atoms with van der Waals surface area (Å²) in [5, 5.41) is 4.00. The molecular formula is C19H26N4O2.